The molecule has 1 atom stereocenters. The zero-order chi connectivity index (χ0) is 19.7. The normalized spacial score (nSPS) is 16.9. The number of oxazole rings is 1. The molecule has 0 aliphatic carbocycles. The van der Waals surface area contributed by atoms with Crippen molar-refractivity contribution >= 4 is 5.91 Å². The van der Waals surface area contributed by atoms with Crippen LogP contribution < -0.4 is 0 Å². The molecular weight excluding hydrogens is 361 g/mol. The largest absolute Gasteiger partial charge is 0.443 e. The van der Waals surface area contributed by atoms with E-state index in [0.29, 0.717) is 24.6 Å². The lowest BCUT2D eigenvalue weighted by Gasteiger charge is -2.20. The van der Waals surface area contributed by atoms with E-state index >= 15 is 0 Å². The van der Waals surface area contributed by atoms with Crippen LogP contribution in [-0.4, -0.2) is 27.5 Å². The smallest absolute Gasteiger partial charge is 0.293 e. The van der Waals surface area contributed by atoms with Gasteiger partial charge >= 0.3 is 0 Å². The van der Waals surface area contributed by atoms with Gasteiger partial charge in [-0.15, -0.1) is 0 Å². The molecule has 1 aliphatic heterocycles. The number of halogens is 1. The van der Waals surface area contributed by atoms with Crippen molar-refractivity contribution in [3.8, 4) is 0 Å². The van der Waals surface area contributed by atoms with Crippen molar-refractivity contribution in [1.29, 1.82) is 0 Å². The Kier molecular flexibility index (Phi) is 4.98. The van der Waals surface area contributed by atoms with Crippen molar-refractivity contribution in [2.75, 3.05) is 6.54 Å². The second-order valence-electron chi connectivity index (χ2n) is 7.40. The predicted octanol–water partition coefficient (Wildman–Crippen LogP) is 4.49. The Morgan fingerprint density at radius 1 is 1.32 bits per heavy atom. The maximum atomic E-state index is 13.1. The maximum Gasteiger partial charge on any atom is 0.293 e. The van der Waals surface area contributed by atoms with Crippen LogP contribution in [-0.2, 0) is 6.42 Å². The van der Waals surface area contributed by atoms with Gasteiger partial charge < -0.3 is 13.8 Å². The van der Waals surface area contributed by atoms with E-state index in [2.05, 4.69) is 10.1 Å². The van der Waals surface area contributed by atoms with Crippen LogP contribution in [0.3, 0.4) is 0 Å². The first-order valence-electron chi connectivity index (χ1n) is 9.48. The van der Waals surface area contributed by atoms with Crippen molar-refractivity contribution in [1.82, 2.24) is 15.0 Å². The molecule has 146 valence electrons. The molecule has 0 radical (unpaired) electrons. The van der Waals surface area contributed by atoms with Crippen LogP contribution in [0, 0.1) is 5.82 Å². The average molecular weight is 383 g/mol. The highest BCUT2D eigenvalue weighted by Gasteiger charge is 2.35. The number of hydrogen-bond donors (Lipinski definition) is 0. The molecule has 3 heterocycles. The number of carbonyl (C=O) groups excluding carboxylic acids is 1. The molecule has 0 unspecified atom stereocenters. The van der Waals surface area contributed by atoms with Gasteiger partial charge in [0.15, 0.2) is 0 Å². The van der Waals surface area contributed by atoms with Crippen molar-refractivity contribution in [2.24, 2.45) is 0 Å². The van der Waals surface area contributed by atoms with Crippen LogP contribution in [0.1, 0.15) is 72.1 Å². The first-order chi connectivity index (χ1) is 13.5. The lowest BCUT2D eigenvalue weighted by molar-refractivity contribution is 0.0672. The number of benzene rings is 1. The quantitative estimate of drug-likeness (QED) is 0.649. The molecule has 2 aromatic heterocycles. The summed E-state index contributed by atoms with van der Waals surface area (Å²) in [5.41, 5.74) is 1.70. The lowest BCUT2D eigenvalue weighted by atomic mass is 10.1. The maximum absolute atomic E-state index is 13.1. The fraction of sp³-hybridized carbons (Fsp3) is 0.381. The van der Waals surface area contributed by atoms with Gasteiger partial charge in [-0.2, -0.15) is 0 Å². The van der Waals surface area contributed by atoms with Crippen molar-refractivity contribution in [3.63, 3.8) is 0 Å². The minimum Gasteiger partial charge on any atom is -0.443 e. The Hall–Kier alpha value is -2.96. The average Bonchev–Trinajstić information content (AvgIpc) is 3.43. The molecule has 0 spiro atoms. The molecule has 28 heavy (non-hydrogen) atoms. The molecule has 0 saturated carbocycles. The van der Waals surface area contributed by atoms with E-state index < -0.39 is 0 Å². The van der Waals surface area contributed by atoms with Gasteiger partial charge in [-0.3, -0.25) is 4.79 Å². The standard InChI is InChI=1S/C21H22FN3O3/c1-13(2)17-11-19(28-24-17)21(26)25-9-3-4-18(25)20-23-12-16(27-20)10-14-5-7-15(22)8-6-14/h5-8,11-13,18H,3-4,9-10H2,1-2H3/t18-/m0/s1. The van der Waals surface area contributed by atoms with Crippen LogP contribution in [0.4, 0.5) is 4.39 Å². The fourth-order valence-electron chi connectivity index (χ4n) is 3.43. The molecule has 7 heteroatoms. The molecule has 0 bridgehead atoms. The van der Waals surface area contributed by atoms with E-state index in [1.165, 1.54) is 12.1 Å². The van der Waals surface area contributed by atoms with Crippen molar-refractivity contribution in [3.05, 3.63) is 71.0 Å². The van der Waals surface area contributed by atoms with Crippen LogP contribution >= 0.6 is 0 Å². The first kappa shape index (κ1) is 18.4. The Balaban J connectivity index is 1.49. The number of aromatic nitrogens is 2. The summed E-state index contributed by atoms with van der Waals surface area (Å²) in [6.45, 7) is 4.62. The molecule has 1 aliphatic rings. The molecular formula is C21H22FN3O3. The number of likely N-dealkylation sites (tertiary alicyclic amines) is 1. The van der Waals surface area contributed by atoms with E-state index in [0.717, 1.165) is 24.1 Å². The third kappa shape index (κ3) is 3.69. The summed E-state index contributed by atoms with van der Waals surface area (Å²) in [5.74, 6) is 1.18. The van der Waals surface area contributed by atoms with Crippen LogP contribution in [0.15, 0.2) is 45.5 Å². The monoisotopic (exact) mass is 383 g/mol. The van der Waals surface area contributed by atoms with E-state index in [9.17, 15) is 9.18 Å². The molecule has 1 saturated heterocycles. The van der Waals surface area contributed by atoms with Gasteiger partial charge in [-0.05, 0) is 36.5 Å². The second-order valence-corrected chi connectivity index (χ2v) is 7.40. The Labute approximate surface area is 162 Å². The van der Waals surface area contributed by atoms with E-state index in [4.69, 9.17) is 8.94 Å². The van der Waals surface area contributed by atoms with Gasteiger partial charge in [0.05, 0.1) is 11.9 Å². The topological polar surface area (TPSA) is 72.4 Å². The minimum absolute atomic E-state index is 0.194. The van der Waals surface area contributed by atoms with Crippen LogP contribution in [0.2, 0.25) is 0 Å². The van der Waals surface area contributed by atoms with Gasteiger partial charge in [0, 0.05) is 19.0 Å². The van der Waals surface area contributed by atoms with E-state index in [1.807, 2.05) is 13.8 Å². The third-order valence-corrected chi connectivity index (χ3v) is 4.99. The zero-order valence-electron chi connectivity index (χ0n) is 15.9. The highest BCUT2D eigenvalue weighted by molar-refractivity contribution is 5.92. The molecule has 4 rings (SSSR count). The molecule has 1 aromatic carbocycles. The Morgan fingerprint density at radius 3 is 2.82 bits per heavy atom. The molecule has 1 amide bonds. The summed E-state index contributed by atoms with van der Waals surface area (Å²) in [5, 5.41) is 3.97. The number of amides is 1. The highest BCUT2D eigenvalue weighted by atomic mass is 19.1. The van der Waals surface area contributed by atoms with Gasteiger partial charge in [0.1, 0.15) is 17.6 Å². The predicted molar refractivity (Wildman–Crippen MR) is 99.3 cm³/mol. The van der Waals surface area contributed by atoms with E-state index in [-0.39, 0.29) is 29.4 Å². The highest BCUT2D eigenvalue weighted by Crippen LogP contribution is 2.33. The summed E-state index contributed by atoms with van der Waals surface area (Å²) < 4.78 is 24.2. The third-order valence-electron chi connectivity index (χ3n) is 4.99. The van der Waals surface area contributed by atoms with Crippen LogP contribution in [0.5, 0.6) is 0 Å². The molecule has 0 N–H and O–H groups in total. The second kappa shape index (κ2) is 7.58. The van der Waals surface area contributed by atoms with Crippen molar-refractivity contribution < 1.29 is 18.1 Å². The lowest BCUT2D eigenvalue weighted by Crippen LogP contribution is -2.30. The van der Waals surface area contributed by atoms with Gasteiger partial charge in [-0.1, -0.05) is 31.1 Å². The van der Waals surface area contributed by atoms with Gasteiger partial charge in [0.25, 0.3) is 5.91 Å². The van der Waals surface area contributed by atoms with Crippen molar-refractivity contribution in [2.45, 2.75) is 45.1 Å². The van der Waals surface area contributed by atoms with Gasteiger partial charge in [0.2, 0.25) is 11.7 Å². The Bertz CT molecular complexity index is 961. The van der Waals surface area contributed by atoms with E-state index in [1.54, 1.807) is 29.3 Å². The number of rotatable bonds is 5. The number of hydrogen-bond acceptors (Lipinski definition) is 5. The minimum atomic E-state index is -0.268. The summed E-state index contributed by atoms with van der Waals surface area (Å²) in [7, 11) is 0. The number of carbonyl (C=O) groups is 1. The summed E-state index contributed by atoms with van der Waals surface area (Å²) >= 11 is 0. The zero-order valence-corrected chi connectivity index (χ0v) is 15.9. The van der Waals surface area contributed by atoms with Gasteiger partial charge in [-0.25, -0.2) is 9.37 Å². The number of nitrogens with zero attached hydrogens (tertiary/aromatic N) is 3. The molecule has 1 fully saturated rings. The molecule has 3 aromatic rings. The fourth-order valence-corrected chi connectivity index (χ4v) is 3.43. The summed E-state index contributed by atoms with van der Waals surface area (Å²) in [4.78, 5) is 19.0. The van der Waals surface area contributed by atoms with Crippen LogP contribution in [0.25, 0.3) is 0 Å². The SMILES string of the molecule is CC(C)c1cc(C(=O)N2CCC[C@H]2c2ncc(Cc3ccc(F)cc3)o2)on1. The first-order valence-corrected chi connectivity index (χ1v) is 9.48. The molecule has 6 nitrogen and oxygen atoms in total. The Morgan fingerprint density at radius 2 is 2.11 bits per heavy atom. The summed E-state index contributed by atoms with van der Waals surface area (Å²) in [6.07, 6.45) is 3.85. The summed E-state index contributed by atoms with van der Waals surface area (Å²) in [6, 6.07) is 7.78.